The molecule has 2 heterocycles. The molecule has 2 aliphatic rings. The van der Waals surface area contributed by atoms with Gasteiger partial charge in [-0.1, -0.05) is 0 Å². The molecule has 2 N–H and O–H groups in total. The lowest BCUT2D eigenvalue weighted by atomic mass is 9.91. The van der Waals surface area contributed by atoms with Gasteiger partial charge in [-0.05, 0) is 37.9 Å². The molecule has 0 aromatic carbocycles. The second kappa shape index (κ2) is 3.24. The zero-order chi connectivity index (χ0) is 7.52. The number of piperidine rings is 1. The standard InChI is InChI=1S/C8H14N2O/c1-4-9-5-2-7(1)8-3-6-11-10-8/h3,6-10H,1-2,4-5H2. The molecule has 2 aliphatic heterocycles. The van der Waals surface area contributed by atoms with Crippen LogP contribution in [0.1, 0.15) is 12.8 Å². The van der Waals surface area contributed by atoms with E-state index in [0.29, 0.717) is 6.04 Å². The quantitative estimate of drug-likeness (QED) is 0.573. The SMILES string of the molecule is C1=CC(C2CCNCC2)NO1. The molecule has 0 aromatic rings. The third-order valence-electron chi connectivity index (χ3n) is 2.45. The van der Waals surface area contributed by atoms with Crippen LogP contribution in [-0.4, -0.2) is 19.1 Å². The minimum Gasteiger partial charge on any atom is -0.416 e. The predicted octanol–water partition coefficient (Wildman–Crippen LogP) is 0.403. The molecule has 0 bridgehead atoms. The van der Waals surface area contributed by atoms with Crippen LogP contribution in [0.5, 0.6) is 0 Å². The lowest BCUT2D eigenvalue weighted by Crippen LogP contribution is -2.38. The van der Waals surface area contributed by atoms with Crippen LogP contribution in [0.2, 0.25) is 0 Å². The molecule has 0 aliphatic carbocycles. The molecule has 0 amide bonds. The lowest BCUT2D eigenvalue weighted by molar-refractivity contribution is 0.114. The van der Waals surface area contributed by atoms with Crippen molar-refractivity contribution in [1.82, 2.24) is 10.8 Å². The first-order chi connectivity index (χ1) is 5.47. The molecule has 0 aromatic heterocycles. The molecule has 2 rings (SSSR count). The first-order valence-electron chi connectivity index (χ1n) is 4.25. The molecule has 1 unspecified atom stereocenters. The zero-order valence-corrected chi connectivity index (χ0v) is 6.55. The molecular weight excluding hydrogens is 140 g/mol. The van der Waals surface area contributed by atoms with Crippen molar-refractivity contribution >= 4 is 0 Å². The number of hydroxylamine groups is 1. The molecule has 62 valence electrons. The van der Waals surface area contributed by atoms with E-state index in [-0.39, 0.29) is 0 Å². The second-order valence-electron chi connectivity index (χ2n) is 3.18. The Morgan fingerprint density at radius 1 is 1.27 bits per heavy atom. The molecule has 1 saturated heterocycles. The zero-order valence-electron chi connectivity index (χ0n) is 6.55. The number of nitrogens with one attached hydrogen (secondary N) is 2. The highest BCUT2D eigenvalue weighted by molar-refractivity contribution is 4.96. The van der Waals surface area contributed by atoms with Gasteiger partial charge in [0.25, 0.3) is 0 Å². The Bertz CT molecular complexity index is 152. The van der Waals surface area contributed by atoms with Crippen molar-refractivity contribution in [3.05, 3.63) is 12.3 Å². The van der Waals surface area contributed by atoms with E-state index in [4.69, 9.17) is 4.84 Å². The summed E-state index contributed by atoms with van der Waals surface area (Å²) in [6, 6.07) is 0.456. The summed E-state index contributed by atoms with van der Waals surface area (Å²) in [7, 11) is 0. The van der Waals surface area contributed by atoms with Crippen molar-refractivity contribution in [2.75, 3.05) is 13.1 Å². The van der Waals surface area contributed by atoms with Gasteiger partial charge in [-0.2, -0.15) is 5.48 Å². The van der Waals surface area contributed by atoms with E-state index < -0.39 is 0 Å². The van der Waals surface area contributed by atoms with E-state index in [2.05, 4.69) is 16.9 Å². The van der Waals surface area contributed by atoms with Crippen molar-refractivity contribution in [2.24, 2.45) is 5.92 Å². The maximum absolute atomic E-state index is 4.96. The van der Waals surface area contributed by atoms with Crippen LogP contribution in [-0.2, 0) is 4.84 Å². The van der Waals surface area contributed by atoms with Crippen molar-refractivity contribution in [3.8, 4) is 0 Å². The molecule has 0 saturated carbocycles. The minimum absolute atomic E-state index is 0.456. The highest BCUT2D eigenvalue weighted by Crippen LogP contribution is 2.19. The Labute approximate surface area is 66.8 Å². The molecule has 11 heavy (non-hydrogen) atoms. The molecule has 3 heteroatoms. The van der Waals surface area contributed by atoms with Gasteiger partial charge >= 0.3 is 0 Å². The van der Waals surface area contributed by atoms with E-state index in [1.165, 1.54) is 12.8 Å². The number of rotatable bonds is 1. The van der Waals surface area contributed by atoms with Gasteiger partial charge in [0, 0.05) is 0 Å². The summed E-state index contributed by atoms with van der Waals surface area (Å²) < 4.78 is 0. The number of hydrogen-bond donors (Lipinski definition) is 2. The Balaban J connectivity index is 1.87. The van der Waals surface area contributed by atoms with E-state index >= 15 is 0 Å². The Hall–Kier alpha value is -0.540. The maximum Gasteiger partial charge on any atom is 0.109 e. The molecule has 1 fully saturated rings. The van der Waals surface area contributed by atoms with Crippen LogP contribution in [0.4, 0.5) is 0 Å². The highest BCUT2D eigenvalue weighted by atomic mass is 16.6. The van der Waals surface area contributed by atoms with E-state index in [9.17, 15) is 0 Å². The highest BCUT2D eigenvalue weighted by Gasteiger charge is 2.23. The largest absolute Gasteiger partial charge is 0.416 e. The predicted molar refractivity (Wildman–Crippen MR) is 42.7 cm³/mol. The molecule has 3 nitrogen and oxygen atoms in total. The molecule has 0 radical (unpaired) electrons. The van der Waals surface area contributed by atoms with Crippen LogP contribution in [0.3, 0.4) is 0 Å². The van der Waals surface area contributed by atoms with Gasteiger partial charge in [-0.3, -0.25) is 0 Å². The molecular formula is C8H14N2O. The topological polar surface area (TPSA) is 33.3 Å². The Morgan fingerprint density at radius 2 is 2.09 bits per heavy atom. The van der Waals surface area contributed by atoms with Gasteiger partial charge in [0.2, 0.25) is 0 Å². The van der Waals surface area contributed by atoms with Gasteiger partial charge in [-0.15, -0.1) is 0 Å². The fraction of sp³-hybridized carbons (Fsp3) is 0.750. The average Bonchev–Trinajstić information content (AvgIpc) is 2.58. The van der Waals surface area contributed by atoms with E-state index in [1.807, 2.05) is 0 Å². The summed E-state index contributed by atoms with van der Waals surface area (Å²) in [5, 5.41) is 3.35. The normalized spacial score (nSPS) is 32.2. The van der Waals surface area contributed by atoms with E-state index in [0.717, 1.165) is 19.0 Å². The minimum atomic E-state index is 0.456. The van der Waals surface area contributed by atoms with Gasteiger partial charge in [0.15, 0.2) is 0 Å². The van der Waals surface area contributed by atoms with Crippen molar-refractivity contribution < 1.29 is 4.84 Å². The number of hydrogen-bond acceptors (Lipinski definition) is 3. The maximum atomic E-state index is 4.96. The van der Waals surface area contributed by atoms with Gasteiger partial charge in [-0.25, -0.2) is 0 Å². The summed E-state index contributed by atoms with van der Waals surface area (Å²) in [5.74, 6) is 0.759. The van der Waals surface area contributed by atoms with Crippen LogP contribution in [0.25, 0.3) is 0 Å². The van der Waals surface area contributed by atoms with E-state index in [1.54, 1.807) is 6.26 Å². The Kier molecular flexibility index (Phi) is 2.10. The van der Waals surface area contributed by atoms with Gasteiger partial charge in [0.1, 0.15) is 6.26 Å². The lowest BCUT2D eigenvalue weighted by Gasteiger charge is -2.25. The van der Waals surface area contributed by atoms with Crippen molar-refractivity contribution in [1.29, 1.82) is 0 Å². The monoisotopic (exact) mass is 154 g/mol. The average molecular weight is 154 g/mol. The molecule has 1 atom stereocenters. The summed E-state index contributed by atoms with van der Waals surface area (Å²) in [6.07, 6.45) is 6.36. The van der Waals surface area contributed by atoms with Crippen molar-refractivity contribution in [3.63, 3.8) is 0 Å². The smallest absolute Gasteiger partial charge is 0.109 e. The first-order valence-corrected chi connectivity index (χ1v) is 4.25. The fourth-order valence-corrected chi connectivity index (χ4v) is 1.74. The van der Waals surface area contributed by atoms with Gasteiger partial charge < -0.3 is 10.2 Å². The summed E-state index contributed by atoms with van der Waals surface area (Å²) in [6.45, 7) is 2.30. The fourth-order valence-electron chi connectivity index (χ4n) is 1.74. The van der Waals surface area contributed by atoms with Crippen LogP contribution in [0.15, 0.2) is 12.3 Å². The van der Waals surface area contributed by atoms with Crippen LogP contribution < -0.4 is 10.8 Å². The van der Waals surface area contributed by atoms with Crippen molar-refractivity contribution in [2.45, 2.75) is 18.9 Å². The summed E-state index contributed by atoms with van der Waals surface area (Å²) >= 11 is 0. The van der Waals surface area contributed by atoms with Crippen LogP contribution in [0, 0.1) is 5.92 Å². The molecule has 0 spiro atoms. The third kappa shape index (κ3) is 1.54. The summed E-state index contributed by atoms with van der Waals surface area (Å²) in [4.78, 5) is 4.96. The van der Waals surface area contributed by atoms with Crippen LogP contribution >= 0.6 is 0 Å². The summed E-state index contributed by atoms with van der Waals surface area (Å²) in [5.41, 5.74) is 2.99. The Morgan fingerprint density at radius 3 is 2.73 bits per heavy atom. The first kappa shape index (κ1) is 7.13. The second-order valence-corrected chi connectivity index (χ2v) is 3.18. The third-order valence-corrected chi connectivity index (χ3v) is 2.45. The van der Waals surface area contributed by atoms with Gasteiger partial charge in [0.05, 0.1) is 6.04 Å².